The van der Waals surface area contributed by atoms with Gasteiger partial charge >= 0.3 is 0 Å². The number of rotatable bonds is 2. The van der Waals surface area contributed by atoms with E-state index in [0.717, 1.165) is 17.0 Å². The van der Waals surface area contributed by atoms with Crippen molar-refractivity contribution in [2.75, 3.05) is 12.0 Å². The fourth-order valence-corrected chi connectivity index (χ4v) is 4.28. The zero-order chi connectivity index (χ0) is 13.4. The Morgan fingerprint density at radius 3 is 2.89 bits per heavy atom. The van der Waals surface area contributed by atoms with Crippen LogP contribution in [0, 0.1) is 6.92 Å². The first-order chi connectivity index (χ1) is 9.20. The van der Waals surface area contributed by atoms with E-state index >= 15 is 0 Å². The van der Waals surface area contributed by atoms with Crippen LogP contribution in [0.2, 0.25) is 0 Å². The Kier molecular flexibility index (Phi) is 3.44. The summed E-state index contributed by atoms with van der Waals surface area (Å²) in [6.45, 7) is 2.11. The lowest BCUT2D eigenvalue weighted by Crippen LogP contribution is -2.26. The fraction of sp³-hybridized carbons (Fsp3) is 0.533. The zero-order valence-electron chi connectivity index (χ0n) is 11.6. The summed E-state index contributed by atoms with van der Waals surface area (Å²) in [6, 6.07) is 6.67. The van der Waals surface area contributed by atoms with E-state index in [1.807, 2.05) is 23.9 Å². The van der Waals surface area contributed by atoms with Gasteiger partial charge in [0.1, 0.15) is 5.82 Å². The predicted octanol–water partition coefficient (Wildman–Crippen LogP) is 3.77. The molecule has 2 N–H and O–H groups in total. The van der Waals surface area contributed by atoms with Gasteiger partial charge in [-0.2, -0.15) is 11.8 Å². The minimum atomic E-state index is 0.581. The highest BCUT2D eigenvalue weighted by Gasteiger charge is 2.28. The van der Waals surface area contributed by atoms with E-state index in [1.165, 1.54) is 31.2 Å². The highest BCUT2D eigenvalue weighted by molar-refractivity contribution is 7.99. The lowest BCUT2D eigenvalue weighted by molar-refractivity contribution is 0.366. The number of nitrogens with zero attached hydrogens (tertiary/aromatic N) is 2. The minimum absolute atomic E-state index is 0.581. The zero-order valence-corrected chi connectivity index (χ0v) is 12.4. The molecule has 1 saturated carbocycles. The second kappa shape index (κ2) is 5.08. The quantitative estimate of drug-likeness (QED) is 0.848. The Balaban J connectivity index is 2.10. The van der Waals surface area contributed by atoms with Crippen LogP contribution in [-0.4, -0.2) is 21.1 Å². The molecule has 1 aliphatic rings. The van der Waals surface area contributed by atoms with Crippen LogP contribution in [0.5, 0.6) is 0 Å². The molecule has 102 valence electrons. The Bertz CT molecular complexity index is 590. The molecule has 2 atom stereocenters. The van der Waals surface area contributed by atoms with Gasteiger partial charge in [0.15, 0.2) is 0 Å². The van der Waals surface area contributed by atoms with Crippen LogP contribution in [0.25, 0.3) is 11.0 Å². The van der Waals surface area contributed by atoms with Gasteiger partial charge in [-0.15, -0.1) is 0 Å². The lowest BCUT2D eigenvalue weighted by Gasteiger charge is -2.32. The Labute approximate surface area is 118 Å². The monoisotopic (exact) mass is 275 g/mol. The van der Waals surface area contributed by atoms with Crippen molar-refractivity contribution in [1.82, 2.24) is 9.55 Å². The van der Waals surface area contributed by atoms with E-state index < -0.39 is 0 Å². The van der Waals surface area contributed by atoms with E-state index in [-0.39, 0.29) is 0 Å². The first-order valence-electron chi connectivity index (χ1n) is 6.97. The van der Waals surface area contributed by atoms with Gasteiger partial charge in [0.25, 0.3) is 0 Å². The summed E-state index contributed by atoms with van der Waals surface area (Å²) in [4.78, 5) is 4.69. The second-order valence-corrected chi connectivity index (χ2v) is 6.48. The van der Waals surface area contributed by atoms with Crippen molar-refractivity contribution in [1.29, 1.82) is 0 Å². The van der Waals surface area contributed by atoms with Crippen LogP contribution in [0.3, 0.4) is 0 Å². The van der Waals surface area contributed by atoms with E-state index in [9.17, 15) is 0 Å². The molecule has 0 radical (unpaired) electrons. The molecule has 1 aromatic heterocycles. The van der Waals surface area contributed by atoms with Crippen molar-refractivity contribution in [3.8, 4) is 0 Å². The maximum absolute atomic E-state index is 5.86. The summed E-state index contributed by atoms with van der Waals surface area (Å²) in [6.07, 6.45) is 7.51. The summed E-state index contributed by atoms with van der Waals surface area (Å²) >= 11 is 2.00. The molecule has 1 fully saturated rings. The number of hydrogen-bond acceptors (Lipinski definition) is 3. The van der Waals surface area contributed by atoms with Crippen LogP contribution in [0.15, 0.2) is 18.2 Å². The Hall–Kier alpha value is -1.16. The van der Waals surface area contributed by atoms with E-state index in [4.69, 9.17) is 10.7 Å². The first kappa shape index (κ1) is 12.9. The number of nitrogen functional groups attached to an aromatic ring is 1. The summed E-state index contributed by atoms with van der Waals surface area (Å²) in [5.41, 5.74) is 8.92. The fourth-order valence-electron chi connectivity index (χ4n) is 3.30. The first-order valence-corrected chi connectivity index (χ1v) is 8.26. The number of benzene rings is 1. The molecule has 3 rings (SSSR count). The summed E-state index contributed by atoms with van der Waals surface area (Å²) in [5.74, 6) is 1.12. The highest BCUT2D eigenvalue weighted by Crippen LogP contribution is 2.38. The van der Waals surface area contributed by atoms with Gasteiger partial charge in [0.2, 0.25) is 0 Å². The van der Waals surface area contributed by atoms with Crippen LogP contribution in [0.1, 0.15) is 37.5 Å². The summed E-state index contributed by atoms with van der Waals surface area (Å²) in [7, 11) is 0. The molecule has 0 amide bonds. The van der Waals surface area contributed by atoms with Crippen molar-refractivity contribution in [3.63, 3.8) is 0 Å². The van der Waals surface area contributed by atoms with Crippen molar-refractivity contribution in [3.05, 3.63) is 24.0 Å². The largest absolute Gasteiger partial charge is 0.399 e. The Morgan fingerprint density at radius 2 is 2.11 bits per heavy atom. The van der Waals surface area contributed by atoms with Crippen LogP contribution in [-0.2, 0) is 0 Å². The highest BCUT2D eigenvalue weighted by atomic mass is 32.2. The number of fused-ring (bicyclic) bond motifs is 1. The van der Waals surface area contributed by atoms with Gasteiger partial charge in [-0.05, 0) is 44.2 Å². The third-order valence-corrected chi connectivity index (χ3v) is 5.35. The molecule has 19 heavy (non-hydrogen) atoms. The number of hydrogen-bond donors (Lipinski definition) is 1. The lowest BCUT2D eigenvalue weighted by atomic mass is 9.94. The van der Waals surface area contributed by atoms with Crippen LogP contribution >= 0.6 is 11.8 Å². The summed E-state index contributed by atoms with van der Waals surface area (Å²) in [5, 5.41) is 0.711. The molecule has 0 saturated heterocycles. The molecule has 4 heteroatoms. The molecule has 0 bridgehead atoms. The normalized spacial score (nSPS) is 23.9. The smallest absolute Gasteiger partial charge is 0.107 e. The maximum atomic E-state index is 5.86. The predicted molar refractivity (Wildman–Crippen MR) is 83.7 cm³/mol. The van der Waals surface area contributed by atoms with Gasteiger partial charge < -0.3 is 10.3 Å². The molecule has 0 aliphatic heterocycles. The number of anilines is 1. The number of aromatic nitrogens is 2. The second-order valence-electron chi connectivity index (χ2n) is 5.40. The number of thioether (sulfide) groups is 1. The maximum Gasteiger partial charge on any atom is 0.107 e. The molecule has 2 unspecified atom stereocenters. The minimum Gasteiger partial charge on any atom is -0.399 e. The molecule has 2 aromatic rings. The van der Waals surface area contributed by atoms with Crippen molar-refractivity contribution in [2.24, 2.45) is 0 Å². The third kappa shape index (κ3) is 2.22. The average molecular weight is 275 g/mol. The number of nitrogens with two attached hydrogens (primary N) is 1. The molecule has 0 spiro atoms. The standard InChI is InChI=1S/C15H21N3S/c1-10-17-12-9-11(16)7-8-13(12)18(10)14-5-3-4-6-15(14)19-2/h7-9,14-15H,3-6,16H2,1-2H3. The number of aryl methyl sites for hydroxylation is 1. The molecular weight excluding hydrogens is 254 g/mol. The van der Waals surface area contributed by atoms with Gasteiger partial charge in [-0.3, -0.25) is 0 Å². The van der Waals surface area contributed by atoms with Crippen molar-refractivity contribution in [2.45, 2.75) is 43.9 Å². The van der Waals surface area contributed by atoms with Gasteiger partial charge in [-0.1, -0.05) is 12.8 Å². The van der Waals surface area contributed by atoms with Gasteiger partial charge in [0.05, 0.1) is 11.0 Å². The molecule has 1 aromatic carbocycles. The van der Waals surface area contributed by atoms with Crippen LogP contribution in [0.4, 0.5) is 5.69 Å². The molecular formula is C15H21N3S. The van der Waals surface area contributed by atoms with Crippen molar-refractivity contribution >= 4 is 28.5 Å². The SMILES string of the molecule is CSC1CCCCC1n1c(C)nc2cc(N)ccc21. The summed E-state index contributed by atoms with van der Waals surface area (Å²) < 4.78 is 2.44. The van der Waals surface area contributed by atoms with E-state index in [0.29, 0.717) is 11.3 Å². The van der Waals surface area contributed by atoms with Gasteiger partial charge in [-0.25, -0.2) is 4.98 Å². The Morgan fingerprint density at radius 1 is 1.32 bits per heavy atom. The van der Waals surface area contributed by atoms with E-state index in [2.05, 4.69) is 23.8 Å². The molecule has 1 aliphatic carbocycles. The topological polar surface area (TPSA) is 43.8 Å². The average Bonchev–Trinajstić information content (AvgIpc) is 2.73. The van der Waals surface area contributed by atoms with Crippen LogP contribution < -0.4 is 5.73 Å². The molecule has 3 nitrogen and oxygen atoms in total. The van der Waals surface area contributed by atoms with E-state index in [1.54, 1.807) is 0 Å². The third-order valence-electron chi connectivity index (χ3n) is 4.19. The van der Waals surface area contributed by atoms with Crippen molar-refractivity contribution < 1.29 is 0 Å². The number of imidazole rings is 1. The molecule has 1 heterocycles. The van der Waals surface area contributed by atoms with Gasteiger partial charge in [0, 0.05) is 17.0 Å².